The van der Waals surface area contributed by atoms with E-state index >= 15 is 0 Å². The predicted molar refractivity (Wildman–Crippen MR) is 78.7 cm³/mol. The monoisotopic (exact) mass is 306 g/mol. The number of aromatic nitrogens is 1. The average Bonchev–Trinajstić information content (AvgIpc) is 2.42. The maximum atomic E-state index is 9.08. The molecule has 2 rings (SSSR count). The van der Waals surface area contributed by atoms with Gasteiger partial charge < -0.3 is 14.8 Å². The molecule has 6 heteroatoms. The SMILES string of the molecule is N#Cc1c(Oc2ccc(CCO)cc2Cl)cc[nH]c1=S. The smallest absolute Gasteiger partial charge is 0.149 e. The van der Waals surface area contributed by atoms with Gasteiger partial charge in [0, 0.05) is 12.8 Å². The Hall–Kier alpha value is -1.87. The van der Waals surface area contributed by atoms with E-state index in [1.165, 1.54) is 0 Å². The zero-order valence-electron chi connectivity index (χ0n) is 10.4. The van der Waals surface area contributed by atoms with Gasteiger partial charge in [-0.25, -0.2) is 0 Å². The Balaban J connectivity index is 2.34. The van der Waals surface area contributed by atoms with Crippen LogP contribution in [-0.4, -0.2) is 16.7 Å². The van der Waals surface area contributed by atoms with Crippen molar-refractivity contribution in [3.63, 3.8) is 0 Å². The quantitative estimate of drug-likeness (QED) is 0.847. The summed E-state index contributed by atoms with van der Waals surface area (Å²) in [6.07, 6.45) is 2.13. The highest BCUT2D eigenvalue weighted by Gasteiger charge is 2.09. The van der Waals surface area contributed by atoms with E-state index in [0.29, 0.717) is 27.6 Å². The van der Waals surface area contributed by atoms with E-state index in [1.807, 2.05) is 12.1 Å². The lowest BCUT2D eigenvalue weighted by Crippen LogP contribution is -1.94. The second-order valence-electron chi connectivity index (χ2n) is 4.00. The van der Waals surface area contributed by atoms with Gasteiger partial charge in [-0.15, -0.1) is 0 Å². The summed E-state index contributed by atoms with van der Waals surface area (Å²) < 4.78 is 5.96. The van der Waals surface area contributed by atoms with E-state index in [9.17, 15) is 0 Å². The Morgan fingerprint density at radius 2 is 2.15 bits per heavy atom. The highest BCUT2D eigenvalue weighted by molar-refractivity contribution is 7.71. The summed E-state index contributed by atoms with van der Waals surface area (Å²) in [7, 11) is 0. The van der Waals surface area contributed by atoms with Crippen molar-refractivity contribution in [1.29, 1.82) is 5.26 Å². The van der Waals surface area contributed by atoms with Crippen molar-refractivity contribution in [3.05, 3.63) is 51.3 Å². The van der Waals surface area contributed by atoms with Crippen LogP contribution < -0.4 is 4.74 Å². The molecule has 0 amide bonds. The van der Waals surface area contributed by atoms with Crippen molar-refractivity contribution in [3.8, 4) is 17.6 Å². The van der Waals surface area contributed by atoms with Crippen LogP contribution in [0.4, 0.5) is 0 Å². The first-order chi connectivity index (χ1) is 9.65. The van der Waals surface area contributed by atoms with E-state index in [2.05, 4.69) is 4.98 Å². The van der Waals surface area contributed by atoms with E-state index in [0.717, 1.165) is 5.56 Å². The lowest BCUT2D eigenvalue weighted by Gasteiger charge is -2.10. The van der Waals surface area contributed by atoms with E-state index in [4.69, 9.17) is 38.9 Å². The molecule has 1 aromatic heterocycles. The first-order valence-electron chi connectivity index (χ1n) is 5.84. The molecular formula is C14H11ClN2O2S. The summed E-state index contributed by atoms with van der Waals surface area (Å²) in [6, 6.07) is 8.86. The molecule has 0 atom stereocenters. The van der Waals surface area contributed by atoms with E-state index in [1.54, 1.807) is 24.4 Å². The molecule has 4 nitrogen and oxygen atoms in total. The van der Waals surface area contributed by atoms with Gasteiger partial charge in [0.05, 0.1) is 5.02 Å². The Bertz CT molecular complexity index is 722. The van der Waals surface area contributed by atoms with Crippen LogP contribution in [0.15, 0.2) is 30.5 Å². The van der Waals surface area contributed by atoms with Crippen molar-refractivity contribution < 1.29 is 9.84 Å². The number of aromatic amines is 1. The van der Waals surface area contributed by atoms with E-state index in [-0.39, 0.29) is 12.2 Å². The van der Waals surface area contributed by atoms with Crippen LogP contribution in [0.5, 0.6) is 11.5 Å². The molecule has 0 aliphatic carbocycles. The normalized spacial score (nSPS) is 10.1. The molecule has 20 heavy (non-hydrogen) atoms. The molecule has 0 fully saturated rings. The fourth-order valence-corrected chi connectivity index (χ4v) is 2.14. The third-order valence-corrected chi connectivity index (χ3v) is 3.27. The first-order valence-corrected chi connectivity index (χ1v) is 6.63. The Morgan fingerprint density at radius 3 is 2.80 bits per heavy atom. The molecule has 102 valence electrons. The second-order valence-corrected chi connectivity index (χ2v) is 4.81. The van der Waals surface area contributed by atoms with Crippen LogP contribution in [0.25, 0.3) is 0 Å². The molecule has 0 saturated carbocycles. The molecule has 0 bridgehead atoms. The molecule has 0 aliphatic rings. The molecule has 0 spiro atoms. The van der Waals surface area contributed by atoms with Crippen LogP contribution >= 0.6 is 23.8 Å². The molecule has 0 unspecified atom stereocenters. The molecule has 1 heterocycles. The average molecular weight is 307 g/mol. The maximum absolute atomic E-state index is 9.08. The topological polar surface area (TPSA) is 69.0 Å². The number of aliphatic hydroxyl groups is 1. The summed E-state index contributed by atoms with van der Waals surface area (Å²) in [4.78, 5) is 2.77. The van der Waals surface area contributed by atoms with Crippen molar-refractivity contribution in [2.75, 3.05) is 6.61 Å². The van der Waals surface area contributed by atoms with Gasteiger partial charge in [0.2, 0.25) is 0 Å². The van der Waals surface area contributed by atoms with Crippen LogP contribution in [0.1, 0.15) is 11.1 Å². The number of nitriles is 1. The van der Waals surface area contributed by atoms with Crippen LogP contribution in [0, 0.1) is 16.0 Å². The number of nitrogens with one attached hydrogen (secondary N) is 1. The molecule has 0 saturated heterocycles. The summed E-state index contributed by atoms with van der Waals surface area (Å²) in [5.74, 6) is 0.790. The van der Waals surface area contributed by atoms with Gasteiger partial charge in [0.25, 0.3) is 0 Å². The second kappa shape index (κ2) is 6.53. The number of hydrogen-bond acceptors (Lipinski definition) is 4. The van der Waals surface area contributed by atoms with Gasteiger partial charge in [-0.2, -0.15) is 5.26 Å². The maximum Gasteiger partial charge on any atom is 0.149 e. The molecule has 1 aromatic carbocycles. The first kappa shape index (κ1) is 14.5. The highest BCUT2D eigenvalue weighted by Crippen LogP contribution is 2.31. The number of hydrogen-bond donors (Lipinski definition) is 2. The lowest BCUT2D eigenvalue weighted by atomic mass is 10.1. The minimum Gasteiger partial charge on any atom is -0.454 e. The third kappa shape index (κ3) is 3.17. The molecule has 0 aliphatic heterocycles. The van der Waals surface area contributed by atoms with Gasteiger partial charge >= 0.3 is 0 Å². The standard InChI is InChI=1S/C14H11ClN2O2S/c15-11-7-9(4-6-18)1-2-13(11)19-12-3-5-17-14(20)10(12)8-16/h1-3,5,7,18H,4,6H2,(H,17,20). The minimum atomic E-state index is 0.0585. The number of pyridine rings is 1. The summed E-state index contributed by atoms with van der Waals surface area (Å²) in [5.41, 5.74) is 1.17. The molecule has 2 aromatic rings. The van der Waals surface area contributed by atoms with Gasteiger partial charge in [-0.1, -0.05) is 29.9 Å². The largest absolute Gasteiger partial charge is 0.454 e. The number of H-pyrrole nitrogens is 1. The van der Waals surface area contributed by atoms with Crippen molar-refractivity contribution in [2.45, 2.75) is 6.42 Å². The predicted octanol–water partition coefficient (Wildman–Crippen LogP) is 3.60. The van der Waals surface area contributed by atoms with Crippen LogP contribution in [0.3, 0.4) is 0 Å². The van der Waals surface area contributed by atoms with Gasteiger partial charge in [-0.3, -0.25) is 0 Å². The fourth-order valence-electron chi connectivity index (χ4n) is 1.68. The van der Waals surface area contributed by atoms with Gasteiger partial charge in [-0.05, 0) is 30.2 Å². The Labute approximate surface area is 126 Å². The number of rotatable bonds is 4. The lowest BCUT2D eigenvalue weighted by molar-refractivity contribution is 0.299. The fraction of sp³-hybridized carbons (Fsp3) is 0.143. The molecule has 2 N–H and O–H groups in total. The zero-order chi connectivity index (χ0) is 14.5. The number of benzene rings is 1. The summed E-state index contributed by atoms with van der Waals surface area (Å²) >= 11 is 11.2. The third-order valence-electron chi connectivity index (χ3n) is 2.65. The molecular weight excluding hydrogens is 296 g/mol. The van der Waals surface area contributed by atoms with Crippen LogP contribution in [0.2, 0.25) is 5.02 Å². The van der Waals surface area contributed by atoms with Gasteiger partial charge in [0.15, 0.2) is 0 Å². The Morgan fingerprint density at radius 1 is 1.35 bits per heavy atom. The van der Waals surface area contributed by atoms with Crippen molar-refractivity contribution >= 4 is 23.8 Å². The molecule has 0 radical (unpaired) electrons. The zero-order valence-corrected chi connectivity index (χ0v) is 12.0. The van der Waals surface area contributed by atoms with E-state index < -0.39 is 0 Å². The summed E-state index contributed by atoms with van der Waals surface area (Å²) in [6.45, 7) is 0.0585. The number of nitrogens with zero attached hydrogens (tertiary/aromatic N) is 1. The highest BCUT2D eigenvalue weighted by atomic mass is 35.5. The Kier molecular flexibility index (Phi) is 4.74. The summed E-state index contributed by atoms with van der Waals surface area (Å²) in [5, 5.41) is 18.4. The number of aliphatic hydroxyl groups excluding tert-OH is 1. The van der Waals surface area contributed by atoms with Crippen LogP contribution in [-0.2, 0) is 6.42 Å². The number of ether oxygens (including phenoxy) is 1. The van der Waals surface area contributed by atoms with Crippen molar-refractivity contribution in [2.24, 2.45) is 0 Å². The van der Waals surface area contributed by atoms with Crippen molar-refractivity contribution in [1.82, 2.24) is 4.98 Å². The minimum absolute atomic E-state index is 0.0585. The van der Waals surface area contributed by atoms with Gasteiger partial charge in [0.1, 0.15) is 27.8 Å². The number of halogens is 1.